The molecule has 3 aromatic rings. The number of hydrogen-bond acceptors (Lipinski definition) is 8. The van der Waals surface area contributed by atoms with Crippen LogP contribution in [0.1, 0.15) is 28.8 Å². The van der Waals surface area contributed by atoms with E-state index in [1.165, 1.54) is 16.7 Å². The minimum atomic E-state index is -0.800. The summed E-state index contributed by atoms with van der Waals surface area (Å²) in [6.07, 6.45) is 0. The topological polar surface area (TPSA) is 106 Å². The lowest BCUT2D eigenvalue weighted by Crippen LogP contribution is -2.32. The number of halogens is 1. The number of thiazole rings is 1. The van der Waals surface area contributed by atoms with Crippen molar-refractivity contribution >= 4 is 58.2 Å². The van der Waals surface area contributed by atoms with Gasteiger partial charge in [-0.3, -0.25) is 14.4 Å². The normalized spacial score (nSPS) is 20.8. The molecule has 186 valence electrons. The van der Waals surface area contributed by atoms with Gasteiger partial charge in [-0.2, -0.15) is 0 Å². The third-order valence-electron chi connectivity index (χ3n) is 6.07. The second kappa shape index (κ2) is 9.76. The first-order chi connectivity index (χ1) is 17.3. The third-order valence-corrected chi connectivity index (χ3v) is 8.71. The smallest absolute Gasteiger partial charge is 0.344 e. The van der Waals surface area contributed by atoms with Crippen LogP contribution in [-0.4, -0.2) is 41.2 Å². The van der Waals surface area contributed by atoms with E-state index in [1.807, 2.05) is 19.1 Å². The number of hydrogen-bond donors (Lipinski definition) is 1. The van der Waals surface area contributed by atoms with Crippen LogP contribution in [0.25, 0.3) is 0 Å². The van der Waals surface area contributed by atoms with Gasteiger partial charge in [0.2, 0.25) is 11.8 Å². The van der Waals surface area contributed by atoms with Crippen molar-refractivity contribution in [2.24, 2.45) is 5.92 Å². The number of anilines is 1. The summed E-state index contributed by atoms with van der Waals surface area (Å²) in [5.41, 5.74) is 2.01. The minimum Gasteiger partial charge on any atom is -0.482 e. The first-order valence-corrected chi connectivity index (χ1v) is 13.3. The molecule has 0 unspecified atom stereocenters. The third kappa shape index (κ3) is 4.33. The molecule has 0 saturated carbocycles. The molecule has 2 aliphatic heterocycles. The predicted octanol–water partition coefficient (Wildman–Crippen LogP) is 4.14. The first kappa shape index (κ1) is 24.6. The monoisotopic (exact) mass is 544 g/mol. The number of aryl methyl sites for hydroxylation is 1. The number of esters is 1. The number of rotatable bonds is 6. The van der Waals surface area contributed by atoms with E-state index in [0.717, 1.165) is 16.9 Å². The molecule has 8 nitrogen and oxygen atoms in total. The SMILES string of the molecule is CCOC(=O)COc1ccc(Cl)cc1[C@@H]1c2sc(=O)[nH]c2S[C@H]2C(=O)N(c3ccc(C)cc3)C(=O)[C@@H]12. The second-order valence-corrected chi connectivity index (χ2v) is 11.0. The maximum atomic E-state index is 13.8. The molecule has 11 heteroatoms. The van der Waals surface area contributed by atoms with Gasteiger partial charge in [0.25, 0.3) is 0 Å². The summed E-state index contributed by atoms with van der Waals surface area (Å²) in [5.74, 6) is -2.42. The number of aromatic amines is 1. The maximum Gasteiger partial charge on any atom is 0.344 e. The van der Waals surface area contributed by atoms with Crippen LogP contribution in [0.4, 0.5) is 5.69 Å². The molecule has 2 aromatic carbocycles. The average Bonchev–Trinajstić information content (AvgIpc) is 3.33. The van der Waals surface area contributed by atoms with Crippen LogP contribution in [0, 0.1) is 12.8 Å². The van der Waals surface area contributed by atoms with Gasteiger partial charge in [-0.05, 0) is 44.2 Å². The van der Waals surface area contributed by atoms with E-state index in [2.05, 4.69) is 4.98 Å². The number of aromatic nitrogens is 1. The van der Waals surface area contributed by atoms with E-state index >= 15 is 0 Å². The molecule has 3 heterocycles. The van der Waals surface area contributed by atoms with Gasteiger partial charge in [0.15, 0.2) is 6.61 Å². The summed E-state index contributed by atoms with van der Waals surface area (Å²) >= 11 is 8.52. The Kier molecular flexibility index (Phi) is 6.67. The van der Waals surface area contributed by atoms with Gasteiger partial charge in [-0.15, -0.1) is 0 Å². The first-order valence-electron chi connectivity index (χ1n) is 11.2. The number of fused-ring (bicyclic) bond motifs is 2. The van der Waals surface area contributed by atoms with Crippen LogP contribution in [0.2, 0.25) is 5.02 Å². The van der Waals surface area contributed by atoms with Crippen molar-refractivity contribution in [1.29, 1.82) is 0 Å². The fourth-order valence-electron chi connectivity index (χ4n) is 4.53. The summed E-state index contributed by atoms with van der Waals surface area (Å²) in [6.45, 7) is 3.50. The zero-order valence-electron chi connectivity index (χ0n) is 19.3. The van der Waals surface area contributed by atoms with Crippen LogP contribution in [0.5, 0.6) is 5.75 Å². The number of imide groups is 1. The van der Waals surface area contributed by atoms with Crippen molar-refractivity contribution in [3.05, 3.63) is 73.2 Å². The Bertz CT molecular complexity index is 1420. The average molecular weight is 545 g/mol. The standard InChI is InChI=1S/C25H21ClN2O6S2/c1-3-33-17(29)11-34-16-9-6-13(26)10-15(16)18-19-21(35-22-20(18)36-25(32)27-22)24(31)28(23(19)30)14-7-4-12(2)5-8-14/h4-10,18-19,21H,3,11H2,1-2H3,(H,27,32)/t18-,19-,21+/m0/s1. The highest BCUT2D eigenvalue weighted by molar-refractivity contribution is 8.00. The summed E-state index contributed by atoms with van der Waals surface area (Å²) in [6, 6.07) is 12.0. The van der Waals surface area contributed by atoms with Crippen LogP contribution >= 0.6 is 34.7 Å². The van der Waals surface area contributed by atoms with Crippen molar-refractivity contribution in [2.45, 2.75) is 30.0 Å². The minimum absolute atomic E-state index is 0.214. The molecular weight excluding hydrogens is 524 g/mol. The number of benzene rings is 2. The van der Waals surface area contributed by atoms with Gasteiger partial charge in [0.05, 0.1) is 23.2 Å². The number of nitrogens with one attached hydrogen (secondary N) is 1. The molecule has 1 N–H and O–H groups in total. The molecule has 1 saturated heterocycles. The van der Waals surface area contributed by atoms with E-state index in [1.54, 1.807) is 37.3 Å². The Morgan fingerprint density at radius 1 is 1.11 bits per heavy atom. The van der Waals surface area contributed by atoms with E-state index in [-0.39, 0.29) is 29.9 Å². The predicted molar refractivity (Wildman–Crippen MR) is 137 cm³/mol. The van der Waals surface area contributed by atoms with Crippen LogP contribution in [0.3, 0.4) is 0 Å². The highest BCUT2D eigenvalue weighted by atomic mass is 35.5. The Morgan fingerprint density at radius 2 is 1.86 bits per heavy atom. The lowest BCUT2D eigenvalue weighted by atomic mass is 9.82. The number of H-pyrrole nitrogens is 1. The van der Waals surface area contributed by atoms with Crippen molar-refractivity contribution in [2.75, 3.05) is 18.1 Å². The molecule has 0 radical (unpaired) electrons. The Labute approximate surface area is 219 Å². The van der Waals surface area contributed by atoms with Gasteiger partial charge in [-0.25, -0.2) is 9.69 Å². The fraction of sp³-hybridized carbons (Fsp3) is 0.280. The molecule has 1 aromatic heterocycles. The number of amides is 2. The van der Waals surface area contributed by atoms with E-state index < -0.39 is 23.1 Å². The zero-order valence-corrected chi connectivity index (χ0v) is 21.7. The van der Waals surface area contributed by atoms with Crippen molar-refractivity contribution in [1.82, 2.24) is 4.98 Å². The fourth-order valence-corrected chi connectivity index (χ4v) is 7.22. The molecule has 0 aliphatic carbocycles. The molecule has 2 amide bonds. The molecule has 3 atom stereocenters. The number of ether oxygens (including phenoxy) is 2. The highest BCUT2D eigenvalue weighted by Crippen LogP contribution is 2.54. The Hall–Kier alpha value is -3.08. The second-order valence-electron chi connectivity index (χ2n) is 8.37. The van der Waals surface area contributed by atoms with Gasteiger partial charge in [0.1, 0.15) is 11.0 Å². The number of nitrogens with zero attached hydrogens (tertiary/aromatic N) is 1. The van der Waals surface area contributed by atoms with Gasteiger partial charge in [0, 0.05) is 21.4 Å². The van der Waals surface area contributed by atoms with Gasteiger partial charge < -0.3 is 14.5 Å². The summed E-state index contributed by atoms with van der Waals surface area (Å²) in [7, 11) is 0. The molecule has 1 fully saturated rings. The van der Waals surface area contributed by atoms with E-state index in [9.17, 15) is 19.2 Å². The molecule has 0 spiro atoms. The zero-order chi connectivity index (χ0) is 25.6. The lowest BCUT2D eigenvalue weighted by molar-refractivity contribution is -0.145. The molecular formula is C25H21ClN2O6S2. The van der Waals surface area contributed by atoms with Crippen molar-refractivity contribution in [3.8, 4) is 5.75 Å². The largest absolute Gasteiger partial charge is 0.482 e. The van der Waals surface area contributed by atoms with Crippen molar-refractivity contribution < 1.29 is 23.9 Å². The quantitative estimate of drug-likeness (QED) is 0.367. The molecule has 5 rings (SSSR count). The van der Waals surface area contributed by atoms with Crippen LogP contribution in [-0.2, 0) is 19.1 Å². The molecule has 0 bridgehead atoms. The Morgan fingerprint density at radius 3 is 2.58 bits per heavy atom. The van der Waals surface area contributed by atoms with Crippen molar-refractivity contribution in [3.63, 3.8) is 0 Å². The van der Waals surface area contributed by atoms with E-state index in [0.29, 0.717) is 31.9 Å². The Balaban J connectivity index is 1.61. The maximum absolute atomic E-state index is 13.8. The summed E-state index contributed by atoms with van der Waals surface area (Å²) in [5, 5.41) is 0.178. The lowest BCUT2D eigenvalue weighted by Gasteiger charge is -2.31. The number of carbonyl (C=O) groups is 3. The number of thioether (sulfide) groups is 1. The molecule has 2 aliphatic rings. The molecule has 36 heavy (non-hydrogen) atoms. The number of carbonyl (C=O) groups excluding carboxylic acids is 3. The van der Waals surface area contributed by atoms with E-state index in [4.69, 9.17) is 21.1 Å². The summed E-state index contributed by atoms with van der Waals surface area (Å²) in [4.78, 5) is 56.0. The van der Waals surface area contributed by atoms with Crippen LogP contribution < -0.4 is 14.5 Å². The highest BCUT2D eigenvalue weighted by Gasteiger charge is 2.56. The van der Waals surface area contributed by atoms with Crippen LogP contribution in [0.15, 0.2) is 52.3 Å². The van der Waals surface area contributed by atoms with Gasteiger partial charge in [-0.1, -0.05) is 52.4 Å². The summed E-state index contributed by atoms with van der Waals surface area (Å²) < 4.78 is 10.7. The van der Waals surface area contributed by atoms with Gasteiger partial charge >= 0.3 is 10.8 Å².